The van der Waals surface area contributed by atoms with Crippen LogP contribution in [0.2, 0.25) is 0 Å². The second kappa shape index (κ2) is 5.90. The smallest absolute Gasteiger partial charge is 0.222 e. The van der Waals surface area contributed by atoms with Gasteiger partial charge in [0.05, 0.1) is 0 Å². The Balaban J connectivity index is 1.60. The van der Waals surface area contributed by atoms with Crippen molar-refractivity contribution >= 4 is 16.8 Å². The Kier molecular flexibility index (Phi) is 3.97. The number of aryl methyl sites for hydroxylation is 2. The average molecular weight is 285 g/mol. The van der Waals surface area contributed by atoms with Gasteiger partial charge in [-0.15, -0.1) is 0 Å². The van der Waals surface area contributed by atoms with E-state index in [1.807, 2.05) is 4.90 Å². The van der Waals surface area contributed by atoms with Gasteiger partial charge in [0.25, 0.3) is 0 Å². The van der Waals surface area contributed by atoms with Crippen molar-refractivity contribution in [3.63, 3.8) is 0 Å². The fraction of sp³-hybridized carbons (Fsp3) is 0.471. The van der Waals surface area contributed by atoms with Gasteiger partial charge < -0.3 is 14.4 Å². The number of nitrogens with zero attached hydrogens (tertiary/aromatic N) is 3. The van der Waals surface area contributed by atoms with Crippen LogP contribution in [-0.4, -0.2) is 53.5 Å². The molecule has 1 aromatic carbocycles. The maximum absolute atomic E-state index is 12.3. The summed E-state index contributed by atoms with van der Waals surface area (Å²) < 4.78 is 2.13. The van der Waals surface area contributed by atoms with Gasteiger partial charge in [-0.25, -0.2) is 0 Å². The standard InChI is InChI=1S/C17H23N3O/c1-18-9-11-20(12-10-18)17(21)6-4-14-3-5-15-7-8-19(2)16(15)13-14/h3,5,7-8,13H,4,6,9-12H2,1-2H3. The van der Waals surface area contributed by atoms with Gasteiger partial charge in [-0.1, -0.05) is 12.1 Å². The van der Waals surface area contributed by atoms with Crippen molar-refractivity contribution in [2.45, 2.75) is 12.8 Å². The molecule has 1 aliphatic heterocycles. The highest BCUT2D eigenvalue weighted by molar-refractivity contribution is 5.81. The van der Waals surface area contributed by atoms with Crippen molar-refractivity contribution < 1.29 is 4.79 Å². The van der Waals surface area contributed by atoms with E-state index in [2.05, 4.69) is 54.0 Å². The van der Waals surface area contributed by atoms with Crippen molar-refractivity contribution in [1.82, 2.24) is 14.4 Å². The molecular formula is C17H23N3O. The molecule has 0 saturated carbocycles. The lowest BCUT2D eigenvalue weighted by molar-refractivity contribution is -0.132. The van der Waals surface area contributed by atoms with E-state index >= 15 is 0 Å². The number of likely N-dealkylation sites (N-methyl/N-ethyl adjacent to an activating group) is 1. The van der Waals surface area contributed by atoms with Crippen LogP contribution in [0.1, 0.15) is 12.0 Å². The molecule has 4 heteroatoms. The Bertz CT molecular complexity index is 639. The van der Waals surface area contributed by atoms with Crippen molar-refractivity contribution in [3.8, 4) is 0 Å². The maximum atomic E-state index is 12.3. The minimum atomic E-state index is 0.287. The zero-order valence-corrected chi connectivity index (χ0v) is 12.9. The Labute approximate surface area is 125 Å². The highest BCUT2D eigenvalue weighted by Crippen LogP contribution is 2.18. The summed E-state index contributed by atoms with van der Waals surface area (Å²) in [5.41, 5.74) is 2.48. The number of hydrogen-bond donors (Lipinski definition) is 0. The van der Waals surface area contributed by atoms with Gasteiger partial charge in [-0.3, -0.25) is 4.79 Å². The zero-order chi connectivity index (χ0) is 14.8. The molecule has 1 amide bonds. The van der Waals surface area contributed by atoms with Gasteiger partial charge in [-0.2, -0.15) is 0 Å². The Hall–Kier alpha value is -1.81. The Morgan fingerprint density at radius 2 is 1.86 bits per heavy atom. The molecule has 112 valence electrons. The molecule has 0 aliphatic carbocycles. The van der Waals surface area contributed by atoms with Crippen molar-refractivity contribution in [3.05, 3.63) is 36.0 Å². The third-order valence-corrected chi connectivity index (χ3v) is 4.44. The molecule has 0 N–H and O–H groups in total. The predicted octanol–water partition coefficient (Wildman–Crippen LogP) is 1.88. The molecule has 0 bridgehead atoms. The van der Waals surface area contributed by atoms with Crippen LogP contribution < -0.4 is 0 Å². The third-order valence-electron chi connectivity index (χ3n) is 4.44. The summed E-state index contributed by atoms with van der Waals surface area (Å²) in [4.78, 5) is 16.5. The topological polar surface area (TPSA) is 28.5 Å². The Morgan fingerprint density at radius 3 is 2.62 bits per heavy atom. The van der Waals surface area contributed by atoms with Crippen LogP contribution >= 0.6 is 0 Å². The number of hydrogen-bond acceptors (Lipinski definition) is 2. The molecule has 1 fully saturated rings. The molecule has 2 heterocycles. The lowest BCUT2D eigenvalue weighted by Crippen LogP contribution is -2.47. The van der Waals surface area contributed by atoms with Gasteiger partial charge >= 0.3 is 0 Å². The molecule has 1 aliphatic rings. The van der Waals surface area contributed by atoms with E-state index in [-0.39, 0.29) is 5.91 Å². The number of fused-ring (bicyclic) bond motifs is 1. The number of benzene rings is 1. The van der Waals surface area contributed by atoms with Crippen LogP contribution in [0.15, 0.2) is 30.5 Å². The number of amides is 1. The number of carbonyl (C=O) groups excluding carboxylic acids is 1. The zero-order valence-electron chi connectivity index (χ0n) is 12.9. The highest BCUT2D eigenvalue weighted by atomic mass is 16.2. The van der Waals surface area contributed by atoms with Crippen LogP contribution in [0.25, 0.3) is 10.9 Å². The lowest BCUT2D eigenvalue weighted by atomic mass is 10.1. The second-order valence-corrected chi connectivity index (χ2v) is 6.00. The van der Waals surface area contributed by atoms with Gasteiger partial charge in [-0.05, 0) is 36.6 Å². The van der Waals surface area contributed by atoms with Crippen LogP contribution in [0.5, 0.6) is 0 Å². The van der Waals surface area contributed by atoms with Gasteiger partial charge in [0.2, 0.25) is 5.91 Å². The quantitative estimate of drug-likeness (QED) is 0.861. The van der Waals surface area contributed by atoms with Gasteiger partial charge in [0.1, 0.15) is 0 Å². The van der Waals surface area contributed by atoms with Crippen LogP contribution in [0.3, 0.4) is 0 Å². The fourth-order valence-electron chi connectivity index (χ4n) is 2.93. The van der Waals surface area contributed by atoms with E-state index < -0.39 is 0 Å². The summed E-state index contributed by atoms with van der Waals surface area (Å²) >= 11 is 0. The number of carbonyl (C=O) groups is 1. The summed E-state index contributed by atoms with van der Waals surface area (Å²) in [5.74, 6) is 0.287. The average Bonchev–Trinajstić information content (AvgIpc) is 2.87. The molecule has 4 nitrogen and oxygen atoms in total. The maximum Gasteiger partial charge on any atom is 0.222 e. The summed E-state index contributed by atoms with van der Waals surface area (Å²) in [5, 5.41) is 1.26. The molecule has 1 aromatic heterocycles. The minimum absolute atomic E-state index is 0.287. The van der Waals surface area contributed by atoms with E-state index in [1.54, 1.807) is 0 Å². The summed E-state index contributed by atoms with van der Waals surface area (Å²) in [7, 11) is 4.17. The third kappa shape index (κ3) is 3.10. The first-order valence-electron chi connectivity index (χ1n) is 7.64. The second-order valence-electron chi connectivity index (χ2n) is 6.00. The van der Waals surface area contributed by atoms with E-state index in [0.29, 0.717) is 6.42 Å². The van der Waals surface area contributed by atoms with E-state index in [9.17, 15) is 4.79 Å². The molecule has 3 rings (SSSR count). The lowest BCUT2D eigenvalue weighted by Gasteiger charge is -2.32. The van der Waals surface area contributed by atoms with Crippen molar-refractivity contribution in [1.29, 1.82) is 0 Å². The molecular weight excluding hydrogens is 262 g/mol. The van der Waals surface area contributed by atoms with Gasteiger partial charge in [0, 0.05) is 51.4 Å². The summed E-state index contributed by atoms with van der Waals surface area (Å²) in [6, 6.07) is 8.60. The normalized spacial score (nSPS) is 16.6. The first-order chi connectivity index (χ1) is 10.1. The SMILES string of the molecule is CN1CCN(C(=O)CCc2ccc3ccn(C)c3c2)CC1. The summed E-state index contributed by atoms with van der Waals surface area (Å²) in [6.45, 7) is 3.71. The number of piperazine rings is 1. The Morgan fingerprint density at radius 1 is 1.10 bits per heavy atom. The first-order valence-corrected chi connectivity index (χ1v) is 7.64. The molecule has 0 unspecified atom stereocenters. The van der Waals surface area contributed by atoms with Crippen LogP contribution in [-0.2, 0) is 18.3 Å². The first kappa shape index (κ1) is 14.1. The van der Waals surface area contributed by atoms with E-state index in [1.165, 1.54) is 16.5 Å². The summed E-state index contributed by atoms with van der Waals surface area (Å²) in [6.07, 6.45) is 3.51. The molecule has 2 aromatic rings. The number of rotatable bonds is 3. The van der Waals surface area contributed by atoms with E-state index in [4.69, 9.17) is 0 Å². The van der Waals surface area contributed by atoms with Gasteiger partial charge in [0.15, 0.2) is 0 Å². The predicted molar refractivity (Wildman–Crippen MR) is 85.3 cm³/mol. The monoisotopic (exact) mass is 285 g/mol. The fourth-order valence-corrected chi connectivity index (χ4v) is 2.93. The number of aromatic nitrogens is 1. The molecule has 1 saturated heterocycles. The van der Waals surface area contributed by atoms with Crippen molar-refractivity contribution in [2.24, 2.45) is 7.05 Å². The molecule has 21 heavy (non-hydrogen) atoms. The molecule has 0 atom stereocenters. The minimum Gasteiger partial charge on any atom is -0.351 e. The molecule has 0 radical (unpaired) electrons. The highest BCUT2D eigenvalue weighted by Gasteiger charge is 2.18. The van der Waals surface area contributed by atoms with Crippen LogP contribution in [0.4, 0.5) is 0 Å². The van der Waals surface area contributed by atoms with Crippen molar-refractivity contribution in [2.75, 3.05) is 33.2 Å². The largest absolute Gasteiger partial charge is 0.351 e. The molecule has 0 spiro atoms. The van der Waals surface area contributed by atoms with E-state index in [0.717, 1.165) is 32.6 Å². The van der Waals surface area contributed by atoms with Crippen LogP contribution in [0, 0.1) is 0 Å².